The first-order valence-electron chi connectivity index (χ1n) is 7.43. The second-order valence-corrected chi connectivity index (χ2v) is 5.90. The summed E-state index contributed by atoms with van der Waals surface area (Å²) in [7, 11) is 0. The highest BCUT2D eigenvalue weighted by atomic mass is 35.5. The zero-order valence-electron chi connectivity index (χ0n) is 13.1. The summed E-state index contributed by atoms with van der Waals surface area (Å²) in [4.78, 5) is 4.67. The van der Waals surface area contributed by atoms with Crippen LogP contribution in [0.4, 0.5) is 0 Å². The van der Waals surface area contributed by atoms with E-state index in [1.54, 1.807) is 0 Å². The second-order valence-electron chi connectivity index (χ2n) is 5.46. The molecule has 0 N–H and O–H groups in total. The fourth-order valence-corrected chi connectivity index (χ4v) is 2.88. The first-order chi connectivity index (χ1) is 10.6. The number of hydrogen-bond acceptors (Lipinski definition) is 2. The SMILES string of the molecule is CCn1c(COc2ccc(C)cc2C)nc2ccc(Cl)cc21. The van der Waals surface area contributed by atoms with Crippen molar-refractivity contribution in [1.82, 2.24) is 9.55 Å². The lowest BCUT2D eigenvalue weighted by atomic mass is 10.1. The number of nitrogens with zero attached hydrogens (tertiary/aromatic N) is 2. The number of imidazole rings is 1. The van der Waals surface area contributed by atoms with Crippen molar-refractivity contribution in [3.8, 4) is 5.75 Å². The Morgan fingerprint density at radius 3 is 2.68 bits per heavy atom. The van der Waals surface area contributed by atoms with E-state index in [2.05, 4.69) is 42.5 Å². The lowest BCUT2D eigenvalue weighted by Crippen LogP contribution is -2.06. The Bertz CT molecular complexity index is 823. The highest BCUT2D eigenvalue weighted by molar-refractivity contribution is 6.31. The van der Waals surface area contributed by atoms with Crippen LogP contribution in [0.1, 0.15) is 23.9 Å². The van der Waals surface area contributed by atoms with Gasteiger partial charge in [-0.25, -0.2) is 4.98 Å². The van der Waals surface area contributed by atoms with Crippen LogP contribution >= 0.6 is 11.6 Å². The van der Waals surface area contributed by atoms with Crippen molar-refractivity contribution in [2.75, 3.05) is 0 Å². The molecule has 0 atom stereocenters. The maximum atomic E-state index is 6.09. The first kappa shape index (κ1) is 14.9. The summed E-state index contributed by atoms with van der Waals surface area (Å²) >= 11 is 6.09. The monoisotopic (exact) mass is 314 g/mol. The normalized spacial score (nSPS) is 11.1. The van der Waals surface area contributed by atoms with Gasteiger partial charge in [0.05, 0.1) is 11.0 Å². The average molecular weight is 315 g/mol. The Balaban J connectivity index is 1.90. The van der Waals surface area contributed by atoms with E-state index >= 15 is 0 Å². The lowest BCUT2D eigenvalue weighted by molar-refractivity contribution is 0.289. The number of ether oxygens (including phenoxy) is 1. The van der Waals surface area contributed by atoms with Gasteiger partial charge in [-0.15, -0.1) is 0 Å². The molecule has 3 rings (SSSR count). The minimum atomic E-state index is 0.448. The lowest BCUT2D eigenvalue weighted by Gasteiger charge is -2.11. The number of hydrogen-bond donors (Lipinski definition) is 0. The Labute approximate surface area is 135 Å². The van der Waals surface area contributed by atoms with Gasteiger partial charge in [0.2, 0.25) is 0 Å². The quantitative estimate of drug-likeness (QED) is 0.684. The molecule has 0 aliphatic rings. The van der Waals surface area contributed by atoms with Gasteiger partial charge in [-0.2, -0.15) is 0 Å². The molecule has 0 unspecified atom stereocenters. The van der Waals surface area contributed by atoms with Gasteiger partial charge < -0.3 is 9.30 Å². The third-order valence-electron chi connectivity index (χ3n) is 3.79. The first-order valence-corrected chi connectivity index (χ1v) is 7.81. The maximum Gasteiger partial charge on any atom is 0.147 e. The Morgan fingerprint density at radius 1 is 1.14 bits per heavy atom. The van der Waals surface area contributed by atoms with E-state index in [1.807, 2.05) is 24.3 Å². The van der Waals surface area contributed by atoms with Crippen LogP contribution in [-0.4, -0.2) is 9.55 Å². The highest BCUT2D eigenvalue weighted by Gasteiger charge is 2.11. The molecular formula is C18H19ClN2O. The minimum absolute atomic E-state index is 0.448. The Morgan fingerprint density at radius 2 is 1.95 bits per heavy atom. The molecule has 0 fully saturated rings. The third kappa shape index (κ3) is 2.81. The van der Waals surface area contributed by atoms with E-state index in [0.29, 0.717) is 6.61 Å². The van der Waals surface area contributed by atoms with Gasteiger partial charge >= 0.3 is 0 Å². The molecule has 1 aromatic heterocycles. The van der Waals surface area contributed by atoms with E-state index in [1.165, 1.54) is 5.56 Å². The number of aryl methyl sites for hydroxylation is 3. The molecule has 22 heavy (non-hydrogen) atoms. The molecule has 0 spiro atoms. The summed E-state index contributed by atoms with van der Waals surface area (Å²) in [5, 5.41) is 0.726. The summed E-state index contributed by atoms with van der Waals surface area (Å²) in [6.07, 6.45) is 0. The van der Waals surface area contributed by atoms with Crippen molar-refractivity contribution >= 4 is 22.6 Å². The van der Waals surface area contributed by atoms with Crippen molar-refractivity contribution < 1.29 is 4.74 Å². The summed E-state index contributed by atoms with van der Waals surface area (Å²) in [5.74, 6) is 1.82. The summed E-state index contributed by atoms with van der Waals surface area (Å²) in [5.41, 5.74) is 4.38. The molecule has 3 aromatic rings. The Hall–Kier alpha value is -2.00. The average Bonchev–Trinajstić information content (AvgIpc) is 2.83. The molecule has 0 aliphatic carbocycles. The molecule has 0 saturated heterocycles. The van der Waals surface area contributed by atoms with Gasteiger partial charge in [0, 0.05) is 11.6 Å². The number of benzene rings is 2. The minimum Gasteiger partial charge on any atom is -0.485 e. The van der Waals surface area contributed by atoms with E-state index in [0.717, 1.165) is 39.7 Å². The second kappa shape index (κ2) is 6.01. The smallest absolute Gasteiger partial charge is 0.147 e. The van der Waals surface area contributed by atoms with Crippen LogP contribution in [0.3, 0.4) is 0 Å². The zero-order chi connectivity index (χ0) is 15.7. The molecular weight excluding hydrogens is 296 g/mol. The molecule has 0 bridgehead atoms. The number of fused-ring (bicyclic) bond motifs is 1. The largest absolute Gasteiger partial charge is 0.485 e. The molecule has 0 saturated carbocycles. The standard InChI is InChI=1S/C18H19ClN2O/c1-4-21-16-10-14(19)6-7-15(16)20-18(21)11-22-17-8-5-12(2)9-13(17)3/h5-10H,4,11H2,1-3H3. The predicted octanol–water partition coefficient (Wildman–Crippen LogP) is 4.91. The van der Waals surface area contributed by atoms with Crippen molar-refractivity contribution in [3.63, 3.8) is 0 Å². The molecule has 0 amide bonds. The zero-order valence-corrected chi connectivity index (χ0v) is 13.8. The van der Waals surface area contributed by atoms with Crippen molar-refractivity contribution in [2.24, 2.45) is 0 Å². The number of rotatable bonds is 4. The molecule has 0 radical (unpaired) electrons. The van der Waals surface area contributed by atoms with Crippen molar-refractivity contribution in [1.29, 1.82) is 0 Å². The molecule has 4 heteroatoms. The van der Waals surface area contributed by atoms with E-state index < -0.39 is 0 Å². The highest BCUT2D eigenvalue weighted by Crippen LogP contribution is 2.23. The summed E-state index contributed by atoms with van der Waals surface area (Å²) in [6.45, 7) is 7.52. The van der Waals surface area contributed by atoms with Gasteiger partial charge in [0.15, 0.2) is 0 Å². The molecule has 2 aromatic carbocycles. The molecule has 114 valence electrons. The van der Waals surface area contributed by atoms with Crippen molar-refractivity contribution in [2.45, 2.75) is 33.9 Å². The summed E-state index contributed by atoms with van der Waals surface area (Å²) < 4.78 is 8.11. The van der Waals surface area contributed by atoms with E-state index in [9.17, 15) is 0 Å². The third-order valence-corrected chi connectivity index (χ3v) is 4.03. The van der Waals surface area contributed by atoms with Gasteiger partial charge in [0.1, 0.15) is 18.2 Å². The number of aromatic nitrogens is 2. The molecule has 0 aliphatic heterocycles. The van der Waals surface area contributed by atoms with Crippen LogP contribution in [0.5, 0.6) is 5.75 Å². The maximum absolute atomic E-state index is 6.09. The van der Waals surface area contributed by atoms with E-state index in [4.69, 9.17) is 16.3 Å². The van der Waals surface area contributed by atoms with Crippen LogP contribution in [0, 0.1) is 13.8 Å². The van der Waals surface area contributed by atoms with Crippen LogP contribution in [0.2, 0.25) is 5.02 Å². The molecule has 3 nitrogen and oxygen atoms in total. The van der Waals surface area contributed by atoms with Crippen LogP contribution in [0.15, 0.2) is 36.4 Å². The predicted molar refractivity (Wildman–Crippen MR) is 90.7 cm³/mol. The van der Waals surface area contributed by atoms with Crippen molar-refractivity contribution in [3.05, 3.63) is 58.4 Å². The van der Waals surface area contributed by atoms with E-state index in [-0.39, 0.29) is 0 Å². The van der Waals surface area contributed by atoms with Gasteiger partial charge in [-0.3, -0.25) is 0 Å². The fraction of sp³-hybridized carbons (Fsp3) is 0.278. The fourth-order valence-electron chi connectivity index (χ4n) is 2.71. The number of halogens is 1. The van der Waals surface area contributed by atoms with Gasteiger partial charge in [0.25, 0.3) is 0 Å². The van der Waals surface area contributed by atoms with Gasteiger partial charge in [-0.1, -0.05) is 29.3 Å². The van der Waals surface area contributed by atoms with Crippen LogP contribution in [-0.2, 0) is 13.2 Å². The topological polar surface area (TPSA) is 27.1 Å². The van der Waals surface area contributed by atoms with Crippen LogP contribution < -0.4 is 4.74 Å². The summed E-state index contributed by atoms with van der Waals surface area (Å²) in [6, 6.07) is 12.0. The van der Waals surface area contributed by atoms with Gasteiger partial charge in [-0.05, 0) is 50.6 Å². The van der Waals surface area contributed by atoms with Crippen LogP contribution in [0.25, 0.3) is 11.0 Å². The Kier molecular flexibility index (Phi) is 4.08. The molecule has 1 heterocycles.